The Morgan fingerprint density at radius 3 is 2.90 bits per heavy atom. The highest BCUT2D eigenvalue weighted by atomic mass is 16.5. The molecule has 0 aliphatic carbocycles. The van der Waals surface area contributed by atoms with Crippen molar-refractivity contribution >= 4 is 23.5 Å². The summed E-state index contributed by atoms with van der Waals surface area (Å²) in [7, 11) is 0. The lowest BCUT2D eigenvalue weighted by molar-refractivity contribution is 0.151. The first-order chi connectivity index (χ1) is 9.78. The van der Waals surface area contributed by atoms with Crippen molar-refractivity contribution in [1.29, 1.82) is 0 Å². The molecule has 0 atom stereocenters. The highest BCUT2D eigenvalue weighted by Gasteiger charge is 2.20. The molecule has 20 heavy (non-hydrogen) atoms. The van der Waals surface area contributed by atoms with Gasteiger partial charge >= 0.3 is 6.09 Å². The smallest absolute Gasteiger partial charge is 0.413 e. The fourth-order valence-electron chi connectivity index (χ4n) is 2.06. The van der Waals surface area contributed by atoms with Gasteiger partial charge in [0.15, 0.2) is 0 Å². The highest BCUT2D eigenvalue weighted by molar-refractivity contribution is 5.86. The molecule has 0 saturated carbocycles. The molecule has 1 aromatic carbocycles. The van der Waals surface area contributed by atoms with E-state index in [0.29, 0.717) is 11.8 Å². The summed E-state index contributed by atoms with van der Waals surface area (Å²) >= 11 is 0. The van der Waals surface area contributed by atoms with Gasteiger partial charge in [0.05, 0.1) is 5.56 Å². The van der Waals surface area contributed by atoms with E-state index in [0.717, 1.165) is 17.8 Å². The van der Waals surface area contributed by atoms with E-state index in [-0.39, 0.29) is 6.61 Å². The van der Waals surface area contributed by atoms with Crippen LogP contribution in [0, 0.1) is 0 Å². The number of hydrogen-bond donors (Lipinski definition) is 1. The van der Waals surface area contributed by atoms with Crippen molar-refractivity contribution in [3.63, 3.8) is 0 Å². The first-order valence-corrected chi connectivity index (χ1v) is 6.40. The molecule has 3 rings (SSSR count). The number of para-hydroxylation sites is 1. The molecule has 1 aliphatic rings. The number of ether oxygens (including phenoxy) is 1. The van der Waals surface area contributed by atoms with Crippen LogP contribution < -0.4 is 10.2 Å². The van der Waals surface area contributed by atoms with Crippen molar-refractivity contribution in [2.45, 2.75) is 13.5 Å². The SMILES string of the molecule is CCN(c1ccccc1)c1ncc2c(n1)NC(=O)OC2. The summed E-state index contributed by atoms with van der Waals surface area (Å²) in [6.07, 6.45) is 1.20. The van der Waals surface area contributed by atoms with Crippen LogP contribution in [0.25, 0.3) is 0 Å². The number of nitrogens with zero attached hydrogens (tertiary/aromatic N) is 3. The van der Waals surface area contributed by atoms with E-state index in [9.17, 15) is 4.79 Å². The van der Waals surface area contributed by atoms with E-state index < -0.39 is 6.09 Å². The summed E-state index contributed by atoms with van der Waals surface area (Å²) in [6, 6.07) is 9.88. The average molecular weight is 270 g/mol. The second-order valence-electron chi connectivity index (χ2n) is 4.32. The fraction of sp³-hybridized carbons (Fsp3) is 0.214. The standard InChI is InChI=1S/C14H14N4O2/c1-2-18(11-6-4-3-5-7-11)13-15-8-10-9-20-14(19)17-12(10)16-13/h3-8H,2,9H2,1H3,(H,15,16,17,19). The van der Waals surface area contributed by atoms with E-state index in [1.54, 1.807) is 6.20 Å². The minimum Gasteiger partial charge on any atom is -0.444 e. The summed E-state index contributed by atoms with van der Waals surface area (Å²) in [5, 5.41) is 2.59. The van der Waals surface area contributed by atoms with E-state index >= 15 is 0 Å². The molecule has 2 heterocycles. The lowest BCUT2D eigenvalue weighted by Gasteiger charge is -2.23. The van der Waals surface area contributed by atoms with Crippen molar-refractivity contribution in [3.8, 4) is 0 Å². The van der Waals surface area contributed by atoms with Gasteiger partial charge in [-0.05, 0) is 19.1 Å². The monoisotopic (exact) mass is 270 g/mol. The predicted molar refractivity (Wildman–Crippen MR) is 75.0 cm³/mol. The van der Waals surface area contributed by atoms with Crippen LogP contribution in [0.4, 0.5) is 22.2 Å². The van der Waals surface area contributed by atoms with E-state index in [4.69, 9.17) is 4.74 Å². The third kappa shape index (κ3) is 2.27. The number of cyclic esters (lactones) is 1. The number of carbonyl (C=O) groups is 1. The number of hydrogen-bond acceptors (Lipinski definition) is 5. The number of anilines is 3. The zero-order valence-corrected chi connectivity index (χ0v) is 11.0. The van der Waals surface area contributed by atoms with Gasteiger partial charge in [-0.1, -0.05) is 18.2 Å². The molecule has 2 aromatic rings. The molecule has 0 radical (unpaired) electrons. The zero-order valence-electron chi connectivity index (χ0n) is 11.0. The Morgan fingerprint density at radius 1 is 1.35 bits per heavy atom. The van der Waals surface area contributed by atoms with Crippen LogP contribution in [0.15, 0.2) is 36.5 Å². The summed E-state index contributed by atoms with van der Waals surface area (Å²) in [5.74, 6) is 1.07. The molecule has 0 unspecified atom stereocenters. The topological polar surface area (TPSA) is 67.4 Å². The molecule has 1 amide bonds. The molecule has 0 spiro atoms. The Morgan fingerprint density at radius 2 is 2.15 bits per heavy atom. The largest absolute Gasteiger partial charge is 0.444 e. The van der Waals surface area contributed by atoms with Crippen molar-refractivity contribution < 1.29 is 9.53 Å². The highest BCUT2D eigenvalue weighted by Crippen LogP contribution is 2.25. The molecule has 102 valence electrons. The van der Waals surface area contributed by atoms with Crippen LogP contribution in [-0.2, 0) is 11.3 Å². The zero-order chi connectivity index (χ0) is 13.9. The minimum atomic E-state index is -0.482. The average Bonchev–Trinajstić information content (AvgIpc) is 2.49. The van der Waals surface area contributed by atoms with Gasteiger partial charge in [-0.25, -0.2) is 9.78 Å². The molecule has 1 N–H and O–H groups in total. The van der Waals surface area contributed by atoms with Crippen LogP contribution in [-0.4, -0.2) is 22.6 Å². The van der Waals surface area contributed by atoms with Gasteiger partial charge in [-0.3, -0.25) is 5.32 Å². The van der Waals surface area contributed by atoms with Crippen LogP contribution in [0.3, 0.4) is 0 Å². The molecule has 0 saturated heterocycles. The van der Waals surface area contributed by atoms with E-state index in [1.807, 2.05) is 42.2 Å². The minimum absolute atomic E-state index is 0.207. The van der Waals surface area contributed by atoms with Gasteiger partial charge < -0.3 is 9.64 Å². The van der Waals surface area contributed by atoms with Gasteiger partial charge in [-0.2, -0.15) is 4.98 Å². The summed E-state index contributed by atoms with van der Waals surface area (Å²) in [6.45, 7) is 2.96. The number of nitrogens with one attached hydrogen (secondary N) is 1. The maximum Gasteiger partial charge on any atom is 0.413 e. The molecule has 0 bridgehead atoms. The molecular formula is C14H14N4O2. The van der Waals surface area contributed by atoms with Gasteiger partial charge in [0.25, 0.3) is 0 Å². The van der Waals surface area contributed by atoms with Crippen molar-refractivity contribution in [1.82, 2.24) is 9.97 Å². The third-order valence-corrected chi connectivity index (χ3v) is 3.06. The second kappa shape index (κ2) is 5.16. The molecule has 1 aromatic heterocycles. The van der Waals surface area contributed by atoms with E-state index in [1.165, 1.54) is 0 Å². The van der Waals surface area contributed by atoms with E-state index in [2.05, 4.69) is 15.3 Å². The molecule has 6 heteroatoms. The Kier molecular flexibility index (Phi) is 3.20. The number of fused-ring (bicyclic) bond motifs is 1. The molecular weight excluding hydrogens is 256 g/mol. The first-order valence-electron chi connectivity index (χ1n) is 6.40. The quantitative estimate of drug-likeness (QED) is 0.928. The Bertz CT molecular complexity index is 630. The predicted octanol–water partition coefficient (Wildman–Crippen LogP) is 2.70. The maximum atomic E-state index is 11.2. The van der Waals surface area contributed by atoms with Crippen molar-refractivity contribution in [2.24, 2.45) is 0 Å². The number of benzene rings is 1. The third-order valence-electron chi connectivity index (χ3n) is 3.06. The lowest BCUT2D eigenvalue weighted by Crippen LogP contribution is -2.24. The molecule has 0 fully saturated rings. The fourth-order valence-corrected chi connectivity index (χ4v) is 2.06. The number of carbonyl (C=O) groups excluding carboxylic acids is 1. The van der Waals surface area contributed by atoms with Crippen LogP contribution in [0.2, 0.25) is 0 Å². The normalized spacial score (nSPS) is 13.2. The van der Waals surface area contributed by atoms with Crippen molar-refractivity contribution in [2.75, 3.05) is 16.8 Å². The van der Waals surface area contributed by atoms with Crippen LogP contribution in [0.5, 0.6) is 0 Å². The van der Waals surface area contributed by atoms with Crippen molar-refractivity contribution in [3.05, 3.63) is 42.1 Å². The number of amides is 1. The lowest BCUT2D eigenvalue weighted by atomic mass is 10.3. The first kappa shape index (κ1) is 12.4. The summed E-state index contributed by atoms with van der Waals surface area (Å²) in [4.78, 5) is 22.0. The summed E-state index contributed by atoms with van der Waals surface area (Å²) in [5.41, 5.74) is 1.78. The van der Waals surface area contributed by atoms with Gasteiger partial charge in [-0.15, -0.1) is 0 Å². The Hall–Kier alpha value is -2.63. The van der Waals surface area contributed by atoms with Crippen LogP contribution >= 0.6 is 0 Å². The number of rotatable bonds is 3. The Labute approximate surface area is 116 Å². The second-order valence-corrected chi connectivity index (χ2v) is 4.32. The molecule has 6 nitrogen and oxygen atoms in total. The maximum absolute atomic E-state index is 11.2. The number of aromatic nitrogens is 2. The summed E-state index contributed by atoms with van der Waals surface area (Å²) < 4.78 is 4.87. The van der Waals surface area contributed by atoms with Gasteiger partial charge in [0, 0.05) is 18.4 Å². The Balaban J connectivity index is 1.97. The molecule has 1 aliphatic heterocycles. The van der Waals surface area contributed by atoms with Crippen LogP contribution in [0.1, 0.15) is 12.5 Å². The van der Waals surface area contributed by atoms with Gasteiger partial charge in [0.2, 0.25) is 5.95 Å². The van der Waals surface area contributed by atoms with Gasteiger partial charge in [0.1, 0.15) is 12.4 Å².